The van der Waals surface area contributed by atoms with E-state index in [0.717, 1.165) is 56.6 Å². The number of aryl methyl sites for hydroxylation is 3. The fourth-order valence-corrected chi connectivity index (χ4v) is 2.83. The van der Waals surface area contributed by atoms with E-state index in [-0.39, 0.29) is 0 Å². The molecule has 2 N–H and O–H groups in total. The van der Waals surface area contributed by atoms with Gasteiger partial charge in [0.05, 0.1) is 13.2 Å². The van der Waals surface area contributed by atoms with Gasteiger partial charge in [-0.3, -0.25) is 4.90 Å². The van der Waals surface area contributed by atoms with E-state index in [0.29, 0.717) is 5.95 Å². The molecule has 25 heavy (non-hydrogen) atoms. The van der Waals surface area contributed by atoms with Crippen LogP contribution in [-0.4, -0.2) is 54.3 Å². The second kappa shape index (κ2) is 8.27. The second-order valence-electron chi connectivity index (χ2n) is 6.52. The Kier molecular flexibility index (Phi) is 5.83. The summed E-state index contributed by atoms with van der Waals surface area (Å²) in [6, 6.07) is 8.26. The Balaban J connectivity index is 1.60. The van der Waals surface area contributed by atoms with Crippen LogP contribution >= 0.6 is 0 Å². The molecular weight excluding hydrogens is 314 g/mol. The molecule has 134 valence electrons. The van der Waals surface area contributed by atoms with Gasteiger partial charge >= 0.3 is 0 Å². The molecule has 0 unspecified atom stereocenters. The van der Waals surface area contributed by atoms with Gasteiger partial charge < -0.3 is 15.4 Å². The largest absolute Gasteiger partial charge is 0.379 e. The maximum absolute atomic E-state index is 5.38. The number of anilines is 3. The molecule has 1 fully saturated rings. The highest BCUT2D eigenvalue weighted by Crippen LogP contribution is 2.19. The van der Waals surface area contributed by atoms with Crippen molar-refractivity contribution >= 4 is 17.5 Å². The number of benzene rings is 1. The second-order valence-corrected chi connectivity index (χ2v) is 6.52. The summed E-state index contributed by atoms with van der Waals surface area (Å²) >= 11 is 0. The normalized spacial score (nSPS) is 15.2. The van der Waals surface area contributed by atoms with Crippen molar-refractivity contribution < 1.29 is 4.74 Å². The van der Waals surface area contributed by atoms with Gasteiger partial charge in [0.15, 0.2) is 0 Å². The van der Waals surface area contributed by atoms with Crippen molar-refractivity contribution in [3.63, 3.8) is 0 Å². The van der Waals surface area contributed by atoms with Gasteiger partial charge in [0.25, 0.3) is 0 Å². The molecule has 1 aliphatic rings. The molecule has 6 heteroatoms. The molecule has 6 nitrogen and oxygen atoms in total. The predicted octanol–water partition coefficient (Wildman–Crippen LogP) is 2.89. The molecule has 0 spiro atoms. The lowest BCUT2D eigenvalue weighted by Gasteiger charge is -2.26. The minimum absolute atomic E-state index is 0.622. The third-order valence-corrected chi connectivity index (χ3v) is 4.46. The Morgan fingerprint density at radius 1 is 1.04 bits per heavy atom. The standard InChI is InChI=1S/C19H27N5O/c1-14-4-5-17(12-15(14)2)22-19-21-16(3)13-18(23-19)20-6-7-24-8-10-25-11-9-24/h4-5,12-13H,6-11H2,1-3H3,(H2,20,21,22,23). The number of hydrogen-bond donors (Lipinski definition) is 2. The number of ether oxygens (including phenoxy) is 1. The molecule has 1 saturated heterocycles. The zero-order valence-electron chi connectivity index (χ0n) is 15.3. The Morgan fingerprint density at radius 3 is 2.60 bits per heavy atom. The molecule has 1 aromatic heterocycles. The maximum atomic E-state index is 5.38. The topological polar surface area (TPSA) is 62.3 Å². The van der Waals surface area contributed by atoms with Crippen LogP contribution < -0.4 is 10.6 Å². The molecule has 3 rings (SSSR count). The van der Waals surface area contributed by atoms with Gasteiger partial charge in [0.1, 0.15) is 5.82 Å². The van der Waals surface area contributed by atoms with Gasteiger partial charge in [0, 0.05) is 43.6 Å². The van der Waals surface area contributed by atoms with E-state index >= 15 is 0 Å². The molecule has 0 atom stereocenters. The van der Waals surface area contributed by atoms with E-state index in [1.54, 1.807) is 0 Å². The van der Waals surface area contributed by atoms with Crippen molar-refractivity contribution in [2.24, 2.45) is 0 Å². The summed E-state index contributed by atoms with van der Waals surface area (Å²) in [5.41, 5.74) is 4.48. The highest BCUT2D eigenvalue weighted by molar-refractivity contribution is 5.57. The first-order chi connectivity index (χ1) is 12.1. The van der Waals surface area contributed by atoms with Crippen LogP contribution in [-0.2, 0) is 4.74 Å². The van der Waals surface area contributed by atoms with Crippen LogP contribution in [0.15, 0.2) is 24.3 Å². The fraction of sp³-hybridized carbons (Fsp3) is 0.474. The summed E-state index contributed by atoms with van der Waals surface area (Å²) < 4.78 is 5.38. The molecule has 1 aromatic carbocycles. The van der Waals surface area contributed by atoms with Gasteiger partial charge in [-0.15, -0.1) is 0 Å². The van der Waals surface area contributed by atoms with E-state index < -0.39 is 0 Å². The van der Waals surface area contributed by atoms with Crippen molar-refractivity contribution in [2.75, 3.05) is 50.0 Å². The quantitative estimate of drug-likeness (QED) is 0.842. The van der Waals surface area contributed by atoms with Crippen molar-refractivity contribution in [1.29, 1.82) is 0 Å². The smallest absolute Gasteiger partial charge is 0.229 e. The van der Waals surface area contributed by atoms with Crippen LogP contribution in [0, 0.1) is 20.8 Å². The number of hydrogen-bond acceptors (Lipinski definition) is 6. The Bertz CT molecular complexity index is 713. The first-order valence-corrected chi connectivity index (χ1v) is 8.84. The summed E-state index contributed by atoms with van der Waals surface area (Å²) in [4.78, 5) is 11.5. The molecule has 0 amide bonds. The number of nitrogens with zero attached hydrogens (tertiary/aromatic N) is 3. The minimum Gasteiger partial charge on any atom is -0.379 e. The lowest BCUT2D eigenvalue weighted by molar-refractivity contribution is 0.0398. The monoisotopic (exact) mass is 341 g/mol. The van der Waals surface area contributed by atoms with Gasteiger partial charge in [-0.1, -0.05) is 6.07 Å². The van der Waals surface area contributed by atoms with Crippen LogP contribution in [0.25, 0.3) is 0 Å². The minimum atomic E-state index is 0.622. The van der Waals surface area contributed by atoms with Crippen LogP contribution in [0.4, 0.5) is 17.5 Å². The Hall–Kier alpha value is -2.18. The van der Waals surface area contributed by atoms with E-state index in [1.807, 2.05) is 13.0 Å². The Labute approximate surface area is 149 Å². The van der Waals surface area contributed by atoms with Gasteiger partial charge in [0.2, 0.25) is 5.95 Å². The number of morpholine rings is 1. The Morgan fingerprint density at radius 2 is 1.84 bits per heavy atom. The SMILES string of the molecule is Cc1cc(NCCN2CCOCC2)nc(Nc2ccc(C)c(C)c2)n1. The molecule has 0 aliphatic carbocycles. The number of aromatic nitrogens is 2. The zero-order chi connectivity index (χ0) is 17.6. The van der Waals surface area contributed by atoms with Gasteiger partial charge in [-0.2, -0.15) is 4.98 Å². The van der Waals surface area contributed by atoms with E-state index in [1.165, 1.54) is 11.1 Å². The zero-order valence-corrected chi connectivity index (χ0v) is 15.3. The molecule has 0 saturated carbocycles. The highest BCUT2D eigenvalue weighted by Gasteiger charge is 2.10. The maximum Gasteiger partial charge on any atom is 0.229 e. The summed E-state index contributed by atoms with van der Waals surface area (Å²) in [5, 5.41) is 6.71. The van der Waals surface area contributed by atoms with Crippen LogP contribution in [0.3, 0.4) is 0 Å². The predicted molar refractivity (Wildman–Crippen MR) is 102 cm³/mol. The van der Waals surface area contributed by atoms with Crippen molar-refractivity contribution in [3.8, 4) is 0 Å². The summed E-state index contributed by atoms with van der Waals surface area (Å²) in [6.07, 6.45) is 0. The lowest BCUT2D eigenvalue weighted by atomic mass is 10.1. The van der Waals surface area contributed by atoms with Crippen molar-refractivity contribution in [2.45, 2.75) is 20.8 Å². The van der Waals surface area contributed by atoms with Crippen molar-refractivity contribution in [1.82, 2.24) is 14.9 Å². The van der Waals surface area contributed by atoms with Gasteiger partial charge in [-0.05, 0) is 44.0 Å². The lowest BCUT2D eigenvalue weighted by Crippen LogP contribution is -2.39. The molecule has 2 aromatic rings. The van der Waals surface area contributed by atoms with Gasteiger partial charge in [-0.25, -0.2) is 4.98 Å². The summed E-state index contributed by atoms with van der Waals surface area (Å²) in [5.74, 6) is 1.48. The average Bonchev–Trinajstić information content (AvgIpc) is 2.59. The third-order valence-electron chi connectivity index (χ3n) is 4.46. The first kappa shape index (κ1) is 17.6. The summed E-state index contributed by atoms with van der Waals surface area (Å²) in [6.45, 7) is 11.7. The molecule has 2 heterocycles. The molecule has 1 aliphatic heterocycles. The molecule has 0 radical (unpaired) electrons. The van der Waals surface area contributed by atoms with Crippen LogP contribution in [0.2, 0.25) is 0 Å². The van der Waals surface area contributed by atoms with E-state index in [4.69, 9.17) is 4.74 Å². The van der Waals surface area contributed by atoms with Crippen LogP contribution in [0.5, 0.6) is 0 Å². The average molecular weight is 341 g/mol. The van der Waals surface area contributed by atoms with E-state index in [9.17, 15) is 0 Å². The van der Waals surface area contributed by atoms with E-state index in [2.05, 4.69) is 57.5 Å². The number of rotatable bonds is 6. The van der Waals surface area contributed by atoms with Crippen LogP contribution in [0.1, 0.15) is 16.8 Å². The highest BCUT2D eigenvalue weighted by atomic mass is 16.5. The molecule has 0 bridgehead atoms. The molecular formula is C19H27N5O. The first-order valence-electron chi connectivity index (χ1n) is 8.84. The van der Waals surface area contributed by atoms with Crippen molar-refractivity contribution in [3.05, 3.63) is 41.1 Å². The number of nitrogens with one attached hydrogen (secondary N) is 2. The summed E-state index contributed by atoms with van der Waals surface area (Å²) in [7, 11) is 0. The third kappa shape index (κ3) is 5.14. The fourth-order valence-electron chi connectivity index (χ4n) is 2.83.